The summed E-state index contributed by atoms with van der Waals surface area (Å²) < 4.78 is 0. The number of hydrogen-bond acceptors (Lipinski definition) is 3. The van der Waals surface area contributed by atoms with Crippen molar-refractivity contribution in [2.75, 3.05) is 13.1 Å². The van der Waals surface area contributed by atoms with Crippen molar-refractivity contribution in [2.24, 2.45) is 5.73 Å². The van der Waals surface area contributed by atoms with Crippen LogP contribution in [0.4, 0.5) is 0 Å². The molecule has 26 heavy (non-hydrogen) atoms. The first kappa shape index (κ1) is 19.2. The number of nitrogens with one attached hydrogen (secondary N) is 1. The summed E-state index contributed by atoms with van der Waals surface area (Å²) in [7, 11) is 0. The van der Waals surface area contributed by atoms with Crippen molar-refractivity contribution in [3.8, 4) is 0 Å². The molecule has 0 amide bonds. The van der Waals surface area contributed by atoms with E-state index < -0.39 is 0 Å². The fourth-order valence-electron chi connectivity index (χ4n) is 3.14. The number of rotatable bonds is 8. The average Bonchev–Trinajstić information content (AvgIpc) is 2.67. The Morgan fingerprint density at radius 3 is 2.65 bits per heavy atom. The van der Waals surface area contributed by atoms with Gasteiger partial charge in [-0.2, -0.15) is 0 Å². The maximum Gasteiger partial charge on any atom is 0.0449 e. The van der Waals surface area contributed by atoms with Crippen LogP contribution in [0.3, 0.4) is 0 Å². The smallest absolute Gasteiger partial charge is 0.0449 e. The Morgan fingerprint density at radius 1 is 1.04 bits per heavy atom. The molecule has 0 aliphatic heterocycles. The molecule has 0 aliphatic rings. The minimum atomic E-state index is 0.253. The minimum absolute atomic E-state index is 0.253. The van der Waals surface area contributed by atoms with E-state index in [1.807, 2.05) is 23.9 Å². The summed E-state index contributed by atoms with van der Waals surface area (Å²) >= 11 is 8.40. The van der Waals surface area contributed by atoms with Gasteiger partial charge < -0.3 is 11.1 Å². The van der Waals surface area contributed by atoms with E-state index in [1.54, 1.807) is 0 Å². The summed E-state index contributed by atoms with van der Waals surface area (Å²) in [5.41, 5.74) is 8.07. The van der Waals surface area contributed by atoms with E-state index in [4.69, 9.17) is 17.3 Å². The lowest BCUT2D eigenvalue weighted by molar-refractivity contribution is 0.559. The second-order valence-electron chi connectivity index (χ2n) is 6.39. The molecule has 0 aliphatic carbocycles. The molecule has 4 heteroatoms. The van der Waals surface area contributed by atoms with Gasteiger partial charge in [0.2, 0.25) is 0 Å². The number of fused-ring (bicyclic) bond motifs is 1. The van der Waals surface area contributed by atoms with Crippen molar-refractivity contribution >= 4 is 34.1 Å². The first-order valence-electron chi connectivity index (χ1n) is 9.02. The van der Waals surface area contributed by atoms with Crippen LogP contribution in [0.5, 0.6) is 0 Å². The van der Waals surface area contributed by atoms with Gasteiger partial charge in [-0.05, 0) is 60.5 Å². The molecule has 0 fully saturated rings. The minimum Gasteiger partial charge on any atom is -0.330 e. The molecule has 0 bridgehead atoms. The Balaban J connectivity index is 1.81. The lowest BCUT2D eigenvalue weighted by Crippen LogP contribution is -2.22. The van der Waals surface area contributed by atoms with Crippen LogP contribution in [-0.2, 0) is 5.75 Å². The highest BCUT2D eigenvalue weighted by Crippen LogP contribution is 2.34. The Bertz CT molecular complexity index is 860. The zero-order chi connectivity index (χ0) is 18.4. The number of halogens is 1. The van der Waals surface area contributed by atoms with Gasteiger partial charge in [0.25, 0.3) is 0 Å². The van der Waals surface area contributed by atoms with Gasteiger partial charge in [-0.25, -0.2) is 0 Å². The third-order valence-electron chi connectivity index (χ3n) is 4.57. The number of benzene rings is 3. The maximum atomic E-state index is 6.56. The first-order valence-corrected chi connectivity index (χ1v) is 10.4. The summed E-state index contributed by atoms with van der Waals surface area (Å²) in [6.07, 6.45) is 0.977. The molecule has 3 N–H and O–H groups in total. The van der Waals surface area contributed by atoms with Crippen molar-refractivity contribution in [1.82, 2.24) is 5.32 Å². The summed E-state index contributed by atoms with van der Waals surface area (Å²) in [5, 5.41) is 6.95. The van der Waals surface area contributed by atoms with Crippen LogP contribution in [0.25, 0.3) is 10.8 Å². The van der Waals surface area contributed by atoms with Crippen molar-refractivity contribution in [3.63, 3.8) is 0 Å². The van der Waals surface area contributed by atoms with Crippen LogP contribution in [-0.4, -0.2) is 13.1 Å². The number of nitrogens with two attached hydrogens (primary N) is 1. The highest BCUT2D eigenvalue weighted by Gasteiger charge is 2.14. The molecule has 0 heterocycles. The lowest BCUT2D eigenvalue weighted by Gasteiger charge is -2.19. The predicted molar refractivity (Wildman–Crippen MR) is 115 cm³/mol. The standard InChI is InChI=1S/C22H25ClN2S/c1-16(25-14-6-13-24)18-10-5-11-21(23)20(18)15-26-22-12-4-8-17-7-2-3-9-19(17)22/h2-5,7-12,16,25H,6,13-15,24H2,1H3. The highest BCUT2D eigenvalue weighted by molar-refractivity contribution is 7.98. The fourth-order valence-corrected chi connectivity index (χ4v) is 4.60. The van der Waals surface area contributed by atoms with Gasteiger partial charge in [0.1, 0.15) is 0 Å². The quantitative estimate of drug-likeness (QED) is 0.381. The molecular weight excluding hydrogens is 360 g/mol. The van der Waals surface area contributed by atoms with E-state index in [1.165, 1.54) is 26.8 Å². The molecule has 1 atom stereocenters. The van der Waals surface area contributed by atoms with E-state index in [0.717, 1.165) is 23.7 Å². The van der Waals surface area contributed by atoms with Crippen molar-refractivity contribution in [2.45, 2.75) is 30.0 Å². The Morgan fingerprint density at radius 2 is 1.81 bits per heavy atom. The van der Waals surface area contributed by atoms with E-state index in [9.17, 15) is 0 Å². The summed E-state index contributed by atoms with van der Waals surface area (Å²) in [6, 6.07) is 21.4. The molecule has 1 unspecified atom stereocenters. The third kappa shape index (κ3) is 4.60. The van der Waals surface area contributed by atoms with Crippen LogP contribution in [0, 0.1) is 0 Å². The van der Waals surface area contributed by atoms with E-state index in [0.29, 0.717) is 6.54 Å². The molecular formula is C22H25ClN2S. The maximum absolute atomic E-state index is 6.56. The van der Waals surface area contributed by atoms with E-state index in [2.05, 4.69) is 60.8 Å². The summed E-state index contributed by atoms with van der Waals surface area (Å²) in [4.78, 5) is 1.29. The van der Waals surface area contributed by atoms with Crippen LogP contribution in [0.15, 0.2) is 65.6 Å². The SMILES string of the molecule is CC(NCCCN)c1cccc(Cl)c1CSc1cccc2ccccc12. The Kier molecular flexibility index (Phi) is 6.98. The Labute approximate surface area is 165 Å². The Hall–Kier alpha value is -1.52. The van der Waals surface area contributed by atoms with Gasteiger partial charge in [0.05, 0.1) is 0 Å². The molecule has 0 spiro atoms. The monoisotopic (exact) mass is 384 g/mol. The van der Waals surface area contributed by atoms with Gasteiger partial charge >= 0.3 is 0 Å². The summed E-state index contributed by atoms with van der Waals surface area (Å²) in [6.45, 7) is 3.81. The average molecular weight is 385 g/mol. The number of thioether (sulfide) groups is 1. The molecule has 3 rings (SSSR count). The second-order valence-corrected chi connectivity index (χ2v) is 7.82. The van der Waals surface area contributed by atoms with E-state index >= 15 is 0 Å². The van der Waals surface area contributed by atoms with Gasteiger partial charge in [-0.1, -0.05) is 60.1 Å². The highest BCUT2D eigenvalue weighted by atomic mass is 35.5. The molecule has 3 aromatic carbocycles. The van der Waals surface area contributed by atoms with Gasteiger partial charge in [0, 0.05) is 21.7 Å². The van der Waals surface area contributed by atoms with Gasteiger partial charge in [-0.15, -0.1) is 11.8 Å². The second kappa shape index (κ2) is 9.43. The van der Waals surface area contributed by atoms with Crippen LogP contribution in [0.1, 0.15) is 30.5 Å². The first-order chi connectivity index (χ1) is 12.7. The van der Waals surface area contributed by atoms with Crippen LogP contribution >= 0.6 is 23.4 Å². The molecule has 3 aromatic rings. The van der Waals surface area contributed by atoms with Crippen molar-refractivity contribution in [1.29, 1.82) is 0 Å². The third-order valence-corrected chi connectivity index (χ3v) is 6.03. The molecule has 0 aromatic heterocycles. The van der Waals surface area contributed by atoms with Crippen LogP contribution in [0.2, 0.25) is 5.02 Å². The molecule has 0 saturated heterocycles. The molecule has 136 valence electrons. The predicted octanol–water partition coefficient (Wildman–Crippen LogP) is 5.78. The van der Waals surface area contributed by atoms with Crippen molar-refractivity contribution < 1.29 is 0 Å². The molecule has 0 saturated carbocycles. The largest absolute Gasteiger partial charge is 0.330 e. The topological polar surface area (TPSA) is 38.0 Å². The summed E-state index contributed by atoms with van der Waals surface area (Å²) in [5.74, 6) is 0.853. The number of hydrogen-bond donors (Lipinski definition) is 2. The van der Waals surface area contributed by atoms with E-state index in [-0.39, 0.29) is 6.04 Å². The fraction of sp³-hybridized carbons (Fsp3) is 0.273. The van der Waals surface area contributed by atoms with Crippen molar-refractivity contribution in [3.05, 3.63) is 76.8 Å². The normalized spacial score (nSPS) is 12.4. The lowest BCUT2D eigenvalue weighted by atomic mass is 10.0. The molecule has 0 radical (unpaired) electrons. The van der Waals surface area contributed by atoms with Gasteiger partial charge in [0.15, 0.2) is 0 Å². The molecule has 2 nitrogen and oxygen atoms in total. The van der Waals surface area contributed by atoms with Crippen LogP contribution < -0.4 is 11.1 Å². The zero-order valence-corrected chi connectivity index (χ0v) is 16.6. The van der Waals surface area contributed by atoms with Gasteiger partial charge in [-0.3, -0.25) is 0 Å². The zero-order valence-electron chi connectivity index (χ0n) is 15.0.